The maximum Gasteiger partial charge on any atom is 0.329 e. The van der Waals surface area contributed by atoms with Crippen LogP contribution in [0.25, 0.3) is 0 Å². The lowest BCUT2D eigenvalue weighted by molar-refractivity contribution is -0.145. The molecule has 0 unspecified atom stereocenters. The molecule has 4 heteroatoms. The summed E-state index contributed by atoms with van der Waals surface area (Å²) in [6.07, 6.45) is 18.5. The monoisotopic (exact) mass is 458 g/mol. The Hall–Kier alpha value is -1.13. The summed E-state index contributed by atoms with van der Waals surface area (Å²) in [7, 11) is 1.79. The summed E-state index contributed by atoms with van der Waals surface area (Å²) in [6.45, 7) is 8.25. The molecular weight excluding hydrogens is 412 g/mol. The SMILES string of the molecule is COCCCC/C=C(\C)[C@H]1CC[C@H]2[C@@H]3CC=C4C[C@@H](OCC(=O)O)CC[C@]4(C)[C@H]3CC[C@]12C. The minimum Gasteiger partial charge on any atom is -0.480 e. The van der Waals surface area contributed by atoms with Gasteiger partial charge in [-0.2, -0.15) is 0 Å². The van der Waals surface area contributed by atoms with Crippen molar-refractivity contribution in [3.05, 3.63) is 23.3 Å². The number of allylic oxidation sites excluding steroid dienone is 3. The molecule has 3 saturated carbocycles. The number of carboxylic acid groups (broad SMARTS) is 1. The van der Waals surface area contributed by atoms with Gasteiger partial charge in [0.2, 0.25) is 0 Å². The highest BCUT2D eigenvalue weighted by Gasteiger charge is 2.58. The van der Waals surface area contributed by atoms with E-state index in [1.165, 1.54) is 44.9 Å². The molecule has 0 aromatic carbocycles. The molecule has 0 radical (unpaired) electrons. The minimum absolute atomic E-state index is 0.0818. The molecule has 0 aromatic rings. The van der Waals surface area contributed by atoms with Gasteiger partial charge in [-0.3, -0.25) is 0 Å². The fraction of sp³-hybridized carbons (Fsp3) is 0.828. The molecule has 4 aliphatic carbocycles. The van der Waals surface area contributed by atoms with Gasteiger partial charge in [-0.05, 0) is 112 Å². The molecular formula is C29H46O4. The molecule has 0 bridgehead atoms. The molecule has 0 aliphatic heterocycles. The molecule has 186 valence electrons. The standard InChI is InChI=1S/C29H46O4/c1-20(8-6-5-7-17-32-4)24-11-12-25-23-10-9-21-18-22(33-19-27(30)31)13-15-28(21,2)26(23)14-16-29(24,25)3/h8-9,22-26H,5-7,10-19H2,1-4H3,(H,30,31)/b20-8+/t22-,23-,24+,25-,26-,28-,29+/m0/s1. The van der Waals surface area contributed by atoms with E-state index in [1.54, 1.807) is 18.3 Å². The van der Waals surface area contributed by atoms with Crippen LogP contribution in [0, 0.1) is 34.5 Å². The van der Waals surface area contributed by atoms with Gasteiger partial charge in [-0.15, -0.1) is 0 Å². The Bertz CT molecular complexity index is 770. The second-order valence-electron chi connectivity index (χ2n) is 11.9. The van der Waals surface area contributed by atoms with Crippen molar-refractivity contribution in [1.29, 1.82) is 0 Å². The van der Waals surface area contributed by atoms with Crippen LogP contribution in [-0.2, 0) is 14.3 Å². The Morgan fingerprint density at radius 3 is 2.73 bits per heavy atom. The molecule has 0 aromatic heterocycles. The first-order chi connectivity index (χ1) is 15.8. The first kappa shape index (κ1) is 25.0. The molecule has 4 nitrogen and oxygen atoms in total. The lowest BCUT2D eigenvalue weighted by Crippen LogP contribution is -2.50. The molecule has 4 aliphatic rings. The van der Waals surface area contributed by atoms with Gasteiger partial charge in [0.05, 0.1) is 6.10 Å². The third-order valence-corrected chi connectivity index (χ3v) is 10.3. The van der Waals surface area contributed by atoms with Crippen LogP contribution in [0.3, 0.4) is 0 Å². The van der Waals surface area contributed by atoms with Crippen LogP contribution in [0.1, 0.15) is 91.4 Å². The predicted molar refractivity (Wildman–Crippen MR) is 132 cm³/mol. The largest absolute Gasteiger partial charge is 0.480 e. The molecule has 0 saturated heterocycles. The molecule has 4 rings (SSSR count). The Morgan fingerprint density at radius 1 is 1.15 bits per heavy atom. The van der Waals surface area contributed by atoms with Crippen LogP contribution in [0.4, 0.5) is 0 Å². The van der Waals surface area contributed by atoms with Gasteiger partial charge in [0.1, 0.15) is 6.61 Å². The first-order valence-electron chi connectivity index (χ1n) is 13.5. The van der Waals surface area contributed by atoms with E-state index < -0.39 is 5.97 Å². The van der Waals surface area contributed by atoms with Gasteiger partial charge in [-0.1, -0.05) is 37.1 Å². The van der Waals surface area contributed by atoms with E-state index >= 15 is 0 Å². The minimum atomic E-state index is -0.859. The van der Waals surface area contributed by atoms with Crippen molar-refractivity contribution in [3.63, 3.8) is 0 Å². The van der Waals surface area contributed by atoms with Crippen LogP contribution >= 0.6 is 0 Å². The highest BCUT2D eigenvalue weighted by atomic mass is 16.5. The maximum atomic E-state index is 10.9. The fourth-order valence-electron chi connectivity index (χ4n) is 8.57. The van der Waals surface area contributed by atoms with E-state index in [0.29, 0.717) is 5.41 Å². The van der Waals surface area contributed by atoms with Crippen LogP contribution in [0.2, 0.25) is 0 Å². The van der Waals surface area contributed by atoms with Crippen molar-refractivity contribution >= 4 is 5.97 Å². The summed E-state index contributed by atoms with van der Waals surface area (Å²) >= 11 is 0. The lowest BCUT2D eigenvalue weighted by Gasteiger charge is -2.58. The predicted octanol–water partition coefficient (Wildman–Crippen LogP) is 6.80. The van der Waals surface area contributed by atoms with E-state index in [0.717, 1.165) is 56.0 Å². The normalized spacial score (nSPS) is 40.5. The lowest BCUT2D eigenvalue weighted by atomic mass is 9.47. The van der Waals surface area contributed by atoms with Crippen molar-refractivity contribution < 1.29 is 19.4 Å². The molecule has 1 N–H and O–H groups in total. The molecule has 3 fully saturated rings. The van der Waals surface area contributed by atoms with Crippen LogP contribution in [0.15, 0.2) is 23.3 Å². The number of aliphatic carboxylic acids is 1. The maximum absolute atomic E-state index is 10.9. The Morgan fingerprint density at radius 2 is 1.97 bits per heavy atom. The molecule has 0 amide bonds. The summed E-state index contributed by atoms with van der Waals surface area (Å²) in [4.78, 5) is 10.9. The van der Waals surface area contributed by atoms with Gasteiger partial charge < -0.3 is 14.6 Å². The molecule has 33 heavy (non-hydrogen) atoms. The number of unbranched alkanes of at least 4 members (excludes halogenated alkanes) is 2. The summed E-state index contributed by atoms with van der Waals surface area (Å²) in [5, 5.41) is 8.99. The van der Waals surface area contributed by atoms with E-state index in [4.69, 9.17) is 14.6 Å². The second kappa shape index (κ2) is 10.2. The average molecular weight is 459 g/mol. The van der Waals surface area contributed by atoms with E-state index in [2.05, 4.69) is 32.9 Å². The van der Waals surface area contributed by atoms with E-state index in [9.17, 15) is 4.79 Å². The van der Waals surface area contributed by atoms with Crippen molar-refractivity contribution in [2.24, 2.45) is 34.5 Å². The second-order valence-corrected chi connectivity index (χ2v) is 11.9. The highest BCUT2D eigenvalue weighted by molar-refractivity contribution is 5.68. The van der Waals surface area contributed by atoms with Crippen molar-refractivity contribution in [3.8, 4) is 0 Å². The fourth-order valence-corrected chi connectivity index (χ4v) is 8.57. The highest BCUT2D eigenvalue weighted by Crippen LogP contribution is 2.67. The van der Waals surface area contributed by atoms with Gasteiger partial charge in [0.25, 0.3) is 0 Å². The van der Waals surface area contributed by atoms with E-state index in [1.807, 2.05) is 0 Å². The first-order valence-corrected chi connectivity index (χ1v) is 13.5. The van der Waals surface area contributed by atoms with E-state index in [-0.39, 0.29) is 18.1 Å². The summed E-state index contributed by atoms with van der Waals surface area (Å²) in [5.41, 5.74) is 3.95. The number of rotatable bonds is 9. The van der Waals surface area contributed by atoms with Gasteiger partial charge in [0, 0.05) is 13.7 Å². The molecule has 7 atom stereocenters. The van der Waals surface area contributed by atoms with Crippen molar-refractivity contribution in [1.82, 2.24) is 0 Å². The Kier molecular flexibility index (Phi) is 7.75. The number of ether oxygens (including phenoxy) is 2. The van der Waals surface area contributed by atoms with Crippen LogP contribution in [-0.4, -0.2) is 37.5 Å². The summed E-state index contributed by atoms with van der Waals surface area (Å²) in [6, 6.07) is 0. The number of methoxy groups -OCH3 is 1. The van der Waals surface area contributed by atoms with Gasteiger partial charge >= 0.3 is 5.97 Å². The number of hydrogen-bond donors (Lipinski definition) is 1. The third kappa shape index (κ3) is 4.85. The summed E-state index contributed by atoms with van der Waals surface area (Å²) in [5.74, 6) is 2.34. The Balaban J connectivity index is 1.44. The van der Waals surface area contributed by atoms with Crippen LogP contribution < -0.4 is 0 Å². The zero-order valence-corrected chi connectivity index (χ0v) is 21.4. The smallest absolute Gasteiger partial charge is 0.329 e. The van der Waals surface area contributed by atoms with Crippen molar-refractivity contribution in [2.45, 2.75) is 97.5 Å². The Labute approximate surface area is 201 Å². The van der Waals surface area contributed by atoms with Gasteiger partial charge in [-0.25, -0.2) is 4.79 Å². The molecule has 0 heterocycles. The van der Waals surface area contributed by atoms with Gasteiger partial charge in [0.15, 0.2) is 0 Å². The quantitative estimate of drug-likeness (QED) is 0.305. The third-order valence-electron chi connectivity index (χ3n) is 10.3. The number of fused-ring (bicyclic) bond motifs is 5. The summed E-state index contributed by atoms with van der Waals surface area (Å²) < 4.78 is 10.9. The number of carbonyl (C=O) groups is 1. The molecule has 0 spiro atoms. The average Bonchev–Trinajstić information content (AvgIpc) is 3.14. The van der Waals surface area contributed by atoms with Crippen molar-refractivity contribution in [2.75, 3.05) is 20.3 Å². The number of hydrogen-bond acceptors (Lipinski definition) is 3. The zero-order valence-electron chi connectivity index (χ0n) is 21.4. The zero-order chi connectivity index (χ0) is 23.6. The number of carboxylic acids is 1. The van der Waals surface area contributed by atoms with Crippen LogP contribution in [0.5, 0.6) is 0 Å². The topological polar surface area (TPSA) is 55.8 Å².